The van der Waals surface area contributed by atoms with Gasteiger partial charge in [-0.1, -0.05) is 30.3 Å². The smallest absolute Gasteiger partial charge is 0.220 e. The van der Waals surface area contributed by atoms with Crippen LogP contribution >= 0.6 is 0 Å². The molecule has 0 fully saturated rings. The summed E-state index contributed by atoms with van der Waals surface area (Å²) in [6.45, 7) is 4.43. The molecular formula is C21H25N3O2. The summed E-state index contributed by atoms with van der Waals surface area (Å²) in [7, 11) is 0. The van der Waals surface area contributed by atoms with Gasteiger partial charge >= 0.3 is 0 Å². The van der Waals surface area contributed by atoms with E-state index in [0.717, 1.165) is 30.0 Å². The van der Waals surface area contributed by atoms with Crippen LogP contribution < -0.4 is 5.32 Å². The minimum Gasteiger partial charge on any atom is -0.467 e. The highest BCUT2D eigenvalue weighted by atomic mass is 16.3. The molecule has 5 nitrogen and oxygen atoms in total. The Kier molecular flexibility index (Phi) is 5.89. The fraction of sp³-hybridized carbons (Fsp3) is 0.333. The number of furan rings is 1. The molecule has 1 N–H and O–H groups in total. The summed E-state index contributed by atoms with van der Waals surface area (Å²) in [6, 6.07) is 15.9. The average molecular weight is 351 g/mol. The van der Waals surface area contributed by atoms with Crippen LogP contribution in [0.4, 0.5) is 0 Å². The summed E-state index contributed by atoms with van der Waals surface area (Å²) < 4.78 is 7.49. The highest BCUT2D eigenvalue weighted by Gasteiger charge is 2.20. The number of hydrogen-bond acceptors (Lipinski definition) is 3. The lowest BCUT2D eigenvalue weighted by Gasteiger charge is -2.18. The van der Waals surface area contributed by atoms with Crippen molar-refractivity contribution in [3.8, 4) is 0 Å². The number of benzene rings is 1. The first kappa shape index (κ1) is 18.0. The predicted octanol–water partition coefficient (Wildman–Crippen LogP) is 3.82. The maximum absolute atomic E-state index is 12.3. The second-order valence-electron chi connectivity index (χ2n) is 6.55. The van der Waals surface area contributed by atoms with Gasteiger partial charge in [-0.3, -0.25) is 9.48 Å². The fourth-order valence-electron chi connectivity index (χ4n) is 3.15. The van der Waals surface area contributed by atoms with E-state index in [2.05, 4.69) is 22.5 Å². The van der Waals surface area contributed by atoms with Gasteiger partial charge in [-0.05, 0) is 50.5 Å². The molecule has 1 aromatic carbocycles. The van der Waals surface area contributed by atoms with Crippen LogP contribution in [-0.4, -0.2) is 22.2 Å². The van der Waals surface area contributed by atoms with Gasteiger partial charge < -0.3 is 9.73 Å². The topological polar surface area (TPSA) is 60.1 Å². The zero-order valence-electron chi connectivity index (χ0n) is 15.3. The van der Waals surface area contributed by atoms with Gasteiger partial charge in [-0.2, -0.15) is 5.10 Å². The lowest BCUT2D eigenvalue weighted by molar-refractivity contribution is -0.121. The van der Waals surface area contributed by atoms with Crippen molar-refractivity contribution in [1.82, 2.24) is 15.1 Å². The van der Waals surface area contributed by atoms with E-state index >= 15 is 0 Å². The maximum Gasteiger partial charge on any atom is 0.220 e. The van der Waals surface area contributed by atoms with E-state index < -0.39 is 0 Å². The van der Waals surface area contributed by atoms with Gasteiger partial charge in [-0.25, -0.2) is 0 Å². The summed E-state index contributed by atoms with van der Waals surface area (Å²) in [4.78, 5) is 12.3. The van der Waals surface area contributed by atoms with Crippen molar-refractivity contribution >= 4 is 5.91 Å². The molecule has 26 heavy (non-hydrogen) atoms. The van der Waals surface area contributed by atoms with Crippen LogP contribution in [0.2, 0.25) is 0 Å². The molecular weight excluding hydrogens is 326 g/mol. The predicted molar refractivity (Wildman–Crippen MR) is 101 cm³/mol. The molecule has 0 saturated heterocycles. The Morgan fingerprint density at radius 1 is 1.19 bits per heavy atom. The van der Waals surface area contributed by atoms with E-state index in [-0.39, 0.29) is 11.9 Å². The first-order chi connectivity index (χ1) is 12.6. The van der Waals surface area contributed by atoms with Crippen LogP contribution in [0, 0.1) is 13.8 Å². The van der Waals surface area contributed by atoms with Crippen LogP contribution in [0.5, 0.6) is 0 Å². The summed E-state index contributed by atoms with van der Waals surface area (Å²) in [5.41, 5.74) is 3.26. The molecule has 0 saturated carbocycles. The number of hydrogen-bond donors (Lipinski definition) is 1. The minimum atomic E-state index is -0.142. The van der Waals surface area contributed by atoms with E-state index in [9.17, 15) is 4.79 Å². The molecule has 0 spiro atoms. The van der Waals surface area contributed by atoms with E-state index in [1.54, 1.807) is 6.26 Å². The number of carbonyl (C=O) groups excluding carboxylic acids is 1. The van der Waals surface area contributed by atoms with Crippen LogP contribution in [0.15, 0.2) is 59.2 Å². The van der Waals surface area contributed by atoms with E-state index in [1.807, 2.05) is 54.9 Å². The zero-order valence-corrected chi connectivity index (χ0v) is 15.3. The standard InChI is InChI=1S/C21H25N3O2/c1-16-14-17(2)24(23-16)19(20-11-7-13-26-20)15-22-21(25)12-6-10-18-8-4-3-5-9-18/h3-5,7-9,11,13-14,19H,6,10,12,15H2,1-2H3,(H,22,25). The number of amides is 1. The molecule has 2 aromatic heterocycles. The van der Waals surface area contributed by atoms with Crippen molar-refractivity contribution < 1.29 is 9.21 Å². The molecule has 1 unspecified atom stereocenters. The van der Waals surface area contributed by atoms with Gasteiger partial charge in [0.1, 0.15) is 11.8 Å². The Morgan fingerprint density at radius 2 is 2.00 bits per heavy atom. The monoisotopic (exact) mass is 351 g/mol. The molecule has 2 heterocycles. The van der Waals surface area contributed by atoms with Crippen molar-refractivity contribution in [3.63, 3.8) is 0 Å². The van der Waals surface area contributed by atoms with Gasteiger partial charge in [0.2, 0.25) is 5.91 Å². The van der Waals surface area contributed by atoms with Crippen molar-refractivity contribution in [1.29, 1.82) is 0 Å². The molecule has 1 amide bonds. The molecule has 0 radical (unpaired) electrons. The normalized spacial score (nSPS) is 12.1. The molecule has 3 rings (SSSR count). The van der Waals surface area contributed by atoms with Gasteiger partial charge in [0.15, 0.2) is 0 Å². The van der Waals surface area contributed by atoms with Crippen LogP contribution in [0.25, 0.3) is 0 Å². The quantitative estimate of drug-likeness (QED) is 0.671. The van der Waals surface area contributed by atoms with Crippen LogP contribution in [0.3, 0.4) is 0 Å². The molecule has 0 aliphatic rings. The molecule has 3 aromatic rings. The molecule has 0 aliphatic heterocycles. The van der Waals surface area contributed by atoms with Crippen LogP contribution in [-0.2, 0) is 11.2 Å². The van der Waals surface area contributed by atoms with Crippen LogP contribution in [0.1, 0.15) is 41.6 Å². The van der Waals surface area contributed by atoms with E-state index in [4.69, 9.17) is 4.42 Å². The maximum atomic E-state index is 12.3. The summed E-state index contributed by atoms with van der Waals surface area (Å²) in [5.74, 6) is 0.847. The zero-order chi connectivity index (χ0) is 18.4. The third kappa shape index (κ3) is 4.63. The van der Waals surface area contributed by atoms with Crippen molar-refractivity contribution in [2.75, 3.05) is 6.54 Å². The highest BCUT2D eigenvalue weighted by molar-refractivity contribution is 5.75. The minimum absolute atomic E-state index is 0.0546. The number of nitrogens with one attached hydrogen (secondary N) is 1. The number of aryl methyl sites for hydroxylation is 3. The number of rotatable bonds is 8. The second-order valence-corrected chi connectivity index (χ2v) is 6.55. The largest absolute Gasteiger partial charge is 0.467 e. The Labute approximate surface area is 154 Å². The fourth-order valence-corrected chi connectivity index (χ4v) is 3.15. The summed E-state index contributed by atoms with van der Waals surface area (Å²) >= 11 is 0. The average Bonchev–Trinajstić information content (AvgIpc) is 3.26. The van der Waals surface area contributed by atoms with E-state index in [0.29, 0.717) is 13.0 Å². The third-order valence-corrected chi connectivity index (χ3v) is 4.42. The lowest BCUT2D eigenvalue weighted by atomic mass is 10.1. The Bertz CT molecular complexity index is 822. The Morgan fingerprint density at radius 3 is 2.65 bits per heavy atom. The number of nitrogens with zero attached hydrogens (tertiary/aromatic N) is 2. The van der Waals surface area contributed by atoms with E-state index in [1.165, 1.54) is 5.56 Å². The van der Waals surface area contributed by atoms with Crippen molar-refractivity contribution in [3.05, 3.63) is 77.5 Å². The van der Waals surface area contributed by atoms with Gasteiger partial charge in [-0.15, -0.1) is 0 Å². The number of carbonyl (C=O) groups is 1. The SMILES string of the molecule is Cc1cc(C)n(C(CNC(=O)CCCc2ccccc2)c2ccco2)n1. The molecule has 136 valence electrons. The number of aromatic nitrogens is 2. The first-order valence-electron chi connectivity index (χ1n) is 9.00. The molecule has 0 bridgehead atoms. The third-order valence-electron chi connectivity index (χ3n) is 4.42. The molecule has 1 atom stereocenters. The van der Waals surface area contributed by atoms with Gasteiger partial charge in [0.25, 0.3) is 0 Å². The summed E-state index contributed by atoms with van der Waals surface area (Å²) in [5, 5.41) is 7.58. The lowest BCUT2D eigenvalue weighted by Crippen LogP contribution is -2.32. The van der Waals surface area contributed by atoms with Gasteiger partial charge in [0, 0.05) is 18.7 Å². The van der Waals surface area contributed by atoms with Crippen molar-refractivity contribution in [2.45, 2.75) is 39.2 Å². The van der Waals surface area contributed by atoms with Gasteiger partial charge in [0.05, 0.1) is 12.0 Å². The Hall–Kier alpha value is -2.82. The highest BCUT2D eigenvalue weighted by Crippen LogP contribution is 2.20. The summed E-state index contributed by atoms with van der Waals surface area (Å²) in [6.07, 6.45) is 3.90. The Balaban J connectivity index is 1.56. The molecule has 0 aliphatic carbocycles. The first-order valence-corrected chi connectivity index (χ1v) is 9.00. The molecule has 5 heteroatoms. The second kappa shape index (κ2) is 8.52. The van der Waals surface area contributed by atoms with Crippen molar-refractivity contribution in [2.24, 2.45) is 0 Å².